The summed E-state index contributed by atoms with van der Waals surface area (Å²) in [6.45, 7) is 3.68. The molecule has 3 N–H and O–H groups in total. The number of nitrogens with one attached hydrogen (secondary N) is 1. The molecule has 1 amide bonds. The van der Waals surface area contributed by atoms with Crippen LogP contribution in [0.1, 0.15) is 0 Å². The van der Waals surface area contributed by atoms with Gasteiger partial charge in [0.1, 0.15) is 6.61 Å². The topological polar surface area (TPSA) is 76.8 Å². The zero-order valence-corrected chi connectivity index (χ0v) is 8.20. The van der Waals surface area contributed by atoms with Gasteiger partial charge >= 0.3 is 0 Å². The molecule has 6 nitrogen and oxygen atoms in total. The van der Waals surface area contributed by atoms with Crippen molar-refractivity contribution in [3.63, 3.8) is 0 Å². The molecule has 1 aliphatic heterocycles. The van der Waals surface area contributed by atoms with Crippen LogP contribution in [0.5, 0.6) is 0 Å². The summed E-state index contributed by atoms with van der Waals surface area (Å²) in [7, 11) is 0. The van der Waals surface area contributed by atoms with E-state index >= 15 is 0 Å². The van der Waals surface area contributed by atoms with Crippen molar-refractivity contribution in [2.45, 2.75) is 0 Å². The van der Waals surface area contributed by atoms with E-state index in [-0.39, 0.29) is 12.5 Å². The van der Waals surface area contributed by atoms with Gasteiger partial charge in [-0.2, -0.15) is 0 Å². The van der Waals surface area contributed by atoms with Gasteiger partial charge in [0.05, 0.1) is 19.8 Å². The lowest BCUT2D eigenvalue weighted by molar-refractivity contribution is -0.132. The molecule has 1 fully saturated rings. The van der Waals surface area contributed by atoms with E-state index in [9.17, 15) is 4.79 Å². The molecule has 6 heteroatoms. The Morgan fingerprint density at radius 2 is 2.21 bits per heavy atom. The molecule has 0 atom stereocenters. The van der Waals surface area contributed by atoms with Crippen molar-refractivity contribution in [1.82, 2.24) is 10.4 Å². The molecule has 0 aliphatic carbocycles. The van der Waals surface area contributed by atoms with E-state index in [1.807, 2.05) is 5.01 Å². The monoisotopic (exact) mass is 203 g/mol. The predicted molar refractivity (Wildman–Crippen MR) is 50.4 cm³/mol. The van der Waals surface area contributed by atoms with Gasteiger partial charge in [0.25, 0.3) is 5.91 Å². The van der Waals surface area contributed by atoms with Crippen molar-refractivity contribution in [3.8, 4) is 0 Å². The third-order valence-electron chi connectivity index (χ3n) is 1.79. The normalized spacial score (nSPS) is 18.1. The number of carbonyl (C=O) groups excluding carboxylic acids is 1. The number of carbonyl (C=O) groups is 1. The quantitative estimate of drug-likeness (QED) is 0.522. The highest BCUT2D eigenvalue weighted by Crippen LogP contribution is 1.91. The Balaban J connectivity index is 2.06. The van der Waals surface area contributed by atoms with Crippen molar-refractivity contribution in [2.24, 2.45) is 5.73 Å². The van der Waals surface area contributed by atoms with Crippen molar-refractivity contribution in [1.29, 1.82) is 0 Å². The van der Waals surface area contributed by atoms with Crippen LogP contribution in [-0.2, 0) is 14.3 Å². The second-order valence-electron chi connectivity index (χ2n) is 2.98. The standard InChI is InChI=1S/C8H17N3O3/c9-1-4-14-7-8(12)10-11-2-5-13-6-3-11/h1-7,9H2,(H,10,12). The van der Waals surface area contributed by atoms with Crippen LogP contribution in [0, 0.1) is 0 Å². The summed E-state index contributed by atoms with van der Waals surface area (Å²) in [5.41, 5.74) is 7.94. The molecular formula is C8H17N3O3. The van der Waals surface area contributed by atoms with Gasteiger partial charge in [-0.15, -0.1) is 0 Å². The SMILES string of the molecule is NCCOCC(=O)NN1CCOCC1. The molecule has 0 spiro atoms. The largest absolute Gasteiger partial charge is 0.379 e. The molecule has 14 heavy (non-hydrogen) atoms. The minimum absolute atomic E-state index is 0.0640. The van der Waals surface area contributed by atoms with Crippen LogP contribution in [0.3, 0.4) is 0 Å². The molecule has 1 heterocycles. The summed E-state index contributed by atoms with van der Waals surface area (Å²) in [5.74, 6) is -0.139. The maximum atomic E-state index is 11.2. The molecule has 0 aromatic rings. The van der Waals surface area contributed by atoms with Crippen LogP contribution in [0.4, 0.5) is 0 Å². The van der Waals surface area contributed by atoms with Crippen LogP contribution in [-0.4, -0.2) is 57.0 Å². The van der Waals surface area contributed by atoms with Crippen LogP contribution < -0.4 is 11.2 Å². The summed E-state index contributed by atoms with van der Waals surface area (Å²) in [6.07, 6.45) is 0. The number of hydrogen-bond acceptors (Lipinski definition) is 5. The van der Waals surface area contributed by atoms with E-state index < -0.39 is 0 Å². The Morgan fingerprint density at radius 3 is 2.86 bits per heavy atom. The maximum Gasteiger partial charge on any atom is 0.260 e. The lowest BCUT2D eigenvalue weighted by Gasteiger charge is -2.26. The zero-order valence-electron chi connectivity index (χ0n) is 8.20. The third-order valence-corrected chi connectivity index (χ3v) is 1.79. The number of hydrazine groups is 1. The van der Waals surface area contributed by atoms with Crippen LogP contribution in [0.15, 0.2) is 0 Å². The molecule has 0 unspecified atom stereocenters. The summed E-state index contributed by atoms with van der Waals surface area (Å²) in [6, 6.07) is 0. The molecule has 82 valence electrons. The smallest absolute Gasteiger partial charge is 0.260 e. The highest BCUT2D eigenvalue weighted by atomic mass is 16.5. The maximum absolute atomic E-state index is 11.2. The lowest BCUT2D eigenvalue weighted by Crippen LogP contribution is -2.49. The Hall–Kier alpha value is -0.690. The number of nitrogens with two attached hydrogens (primary N) is 1. The van der Waals surface area contributed by atoms with Gasteiger partial charge in [0, 0.05) is 19.6 Å². The van der Waals surface area contributed by atoms with E-state index in [1.54, 1.807) is 0 Å². The summed E-state index contributed by atoms with van der Waals surface area (Å²) >= 11 is 0. The third kappa shape index (κ3) is 4.52. The number of amides is 1. The van der Waals surface area contributed by atoms with Gasteiger partial charge in [-0.3, -0.25) is 10.2 Å². The first-order chi connectivity index (χ1) is 6.83. The van der Waals surface area contributed by atoms with Gasteiger partial charge in [-0.05, 0) is 0 Å². The average Bonchev–Trinajstić information content (AvgIpc) is 2.20. The Labute approximate surface area is 83.3 Å². The number of nitrogens with zero attached hydrogens (tertiary/aromatic N) is 1. The average molecular weight is 203 g/mol. The molecule has 0 aromatic heterocycles. The van der Waals surface area contributed by atoms with E-state index in [2.05, 4.69) is 5.43 Å². The predicted octanol–water partition coefficient (Wildman–Crippen LogP) is -1.67. The fourth-order valence-corrected chi connectivity index (χ4v) is 1.13. The van der Waals surface area contributed by atoms with E-state index in [1.165, 1.54) is 0 Å². The first kappa shape index (κ1) is 11.4. The second kappa shape index (κ2) is 6.72. The minimum atomic E-state index is -0.139. The van der Waals surface area contributed by atoms with E-state index in [0.29, 0.717) is 26.4 Å². The first-order valence-electron chi connectivity index (χ1n) is 4.73. The summed E-state index contributed by atoms with van der Waals surface area (Å²) < 4.78 is 10.1. The molecule has 0 bridgehead atoms. The number of ether oxygens (including phenoxy) is 2. The minimum Gasteiger partial charge on any atom is -0.379 e. The van der Waals surface area contributed by atoms with Crippen LogP contribution in [0.25, 0.3) is 0 Å². The molecule has 1 saturated heterocycles. The Morgan fingerprint density at radius 1 is 1.50 bits per heavy atom. The second-order valence-corrected chi connectivity index (χ2v) is 2.98. The summed E-state index contributed by atoms with van der Waals surface area (Å²) in [5, 5.41) is 1.83. The number of hydrogen-bond donors (Lipinski definition) is 2. The highest BCUT2D eigenvalue weighted by Gasteiger charge is 2.12. The molecule has 0 aromatic carbocycles. The summed E-state index contributed by atoms with van der Waals surface area (Å²) in [4.78, 5) is 11.2. The van der Waals surface area contributed by atoms with E-state index in [0.717, 1.165) is 13.1 Å². The first-order valence-corrected chi connectivity index (χ1v) is 4.73. The molecule has 0 radical (unpaired) electrons. The Kier molecular flexibility index (Phi) is 5.46. The van der Waals surface area contributed by atoms with Gasteiger partial charge in [0.15, 0.2) is 0 Å². The molecular weight excluding hydrogens is 186 g/mol. The van der Waals surface area contributed by atoms with Crippen molar-refractivity contribution >= 4 is 5.91 Å². The van der Waals surface area contributed by atoms with Crippen molar-refractivity contribution < 1.29 is 14.3 Å². The number of rotatable bonds is 5. The fourth-order valence-electron chi connectivity index (χ4n) is 1.13. The Bertz CT molecular complexity index is 171. The van der Waals surface area contributed by atoms with Gasteiger partial charge in [-0.1, -0.05) is 0 Å². The molecule has 1 rings (SSSR count). The van der Waals surface area contributed by atoms with Gasteiger partial charge < -0.3 is 15.2 Å². The van der Waals surface area contributed by atoms with Crippen molar-refractivity contribution in [3.05, 3.63) is 0 Å². The molecule has 0 saturated carbocycles. The number of morpholine rings is 1. The van der Waals surface area contributed by atoms with Crippen LogP contribution in [0.2, 0.25) is 0 Å². The highest BCUT2D eigenvalue weighted by molar-refractivity contribution is 5.76. The zero-order chi connectivity index (χ0) is 10.2. The van der Waals surface area contributed by atoms with Crippen molar-refractivity contribution in [2.75, 3.05) is 46.1 Å². The fraction of sp³-hybridized carbons (Fsp3) is 0.875. The van der Waals surface area contributed by atoms with E-state index in [4.69, 9.17) is 15.2 Å². The molecule has 1 aliphatic rings. The van der Waals surface area contributed by atoms with Gasteiger partial charge in [-0.25, -0.2) is 5.01 Å². The van der Waals surface area contributed by atoms with Crippen LogP contribution >= 0.6 is 0 Å². The lowest BCUT2D eigenvalue weighted by atomic mass is 10.5. The van der Waals surface area contributed by atoms with Gasteiger partial charge in [0.2, 0.25) is 0 Å².